The van der Waals surface area contributed by atoms with Gasteiger partial charge in [0.2, 0.25) is 5.95 Å². The zero-order valence-corrected chi connectivity index (χ0v) is 21.8. The Bertz CT molecular complexity index is 1090. The minimum absolute atomic E-state index is 0.0482. The Morgan fingerprint density at radius 3 is 2.66 bits per heavy atom. The highest BCUT2D eigenvalue weighted by atomic mass is 35.5. The summed E-state index contributed by atoms with van der Waals surface area (Å²) in [5.74, 6) is 1.80. The summed E-state index contributed by atoms with van der Waals surface area (Å²) < 4.78 is 0. The first-order valence-corrected chi connectivity index (χ1v) is 13.3. The fourth-order valence-electron chi connectivity index (χ4n) is 5.70. The molecule has 3 fully saturated rings. The number of piperidine rings is 1. The van der Waals surface area contributed by atoms with Crippen LogP contribution in [0.4, 0.5) is 11.8 Å². The molecule has 3 aliphatic rings. The first-order valence-electron chi connectivity index (χ1n) is 12.6. The van der Waals surface area contributed by atoms with E-state index in [9.17, 15) is 9.90 Å². The molecule has 1 aromatic heterocycles. The Kier molecular flexibility index (Phi) is 7.11. The number of aromatic nitrogens is 2. The van der Waals surface area contributed by atoms with E-state index in [4.69, 9.17) is 28.2 Å². The minimum atomic E-state index is -0.641. The Labute approximate surface area is 216 Å². The highest BCUT2D eigenvalue weighted by Crippen LogP contribution is 2.38. The predicted molar refractivity (Wildman–Crippen MR) is 139 cm³/mol. The van der Waals surface area contributed by atoms with Crippen molar-refractivity contribution in [1.29, 1.82) is 0 Å². The number of hydrogen-bond acceptors (Lipinski definition) is 6. The van der Waals surface area contributed by atoms with Crippen LogP contribution in [0.5, 0.6) is 0 Å². The van der Waals surface area contributed by atoms with Crippen LogP contribution in [0, 0.1) is 24.7 Å². The number of carboxylic acids is 1. The quantitative estimate of drug-likeness (QED) is 0.517. The van der Waals surface area contributed by atoms with Gasteiger partial charge in [0.1, 0.15) is 5.02 Å². The van der Waals surface area contributed by atoms with Gasteiger partial charge in [0, 0.05) is 30.7 Å². The number of aliphatic carboxylic acids is 1. The summed E-state index contributed by atoms with van der Waals surface area (Å²) in [7, 11) is 0. The largest absolute Gasteiger partial charge is 0.481 e. The van der Waals surface area contributed by atoms with Gasteiger partial charge in [-0.05, 0) is 75.1 Å². The molecule has 2 aliphatic heterocycles. The monoisotopic (exact) mass is 517 g/mol. The number of nitrogens with zero attached hydrogens (tertiary/aromatic N) is 4. The number of likely N-dealkylation sites (tertiary alicyclic amines) is 1. The van der Waals surface area contributed by atoms with Crippen LogP contribution in [-0.2, 0) is 4.79 Å². The molecule has 9 heteroatoms. The molecule has 2 unspecified atom stereocenters. The second-order valence-corrected chi connectivity index (χ2v) is 11.3. The van der Waals surface area contributed by atoms with Crippen molar-refractivity contribution in [3.63, 3.8) is 0 Å². The average Bonchev–Trinajstić information content (AvgIpc) is 2.74. The van der Waals surface area contributed by atoms with Gasteiger partial charge in [0.25, 0.3) is 0 Å². The third-order valence-corrected chi connectivity index (χ3v) is 8.64. The van der Waals surface area contributed by atoms with Crippen LogP contribution in [0.3, 0.4) is 0 Å². The van der Waals surface area contributed by atoms with Gasteiger partial charge >= 0.3 is 5.97 Å². The van der Waals surface area contributed by atoms with E-state index in [0.29, 0.717) is 34.7 Å². The van der Waals surface area contributed by atoms with Crippen molar-refractivity contribution in [2.75, 3.05) is 36.4 Å². The number of aryl methyl sites for hydroxylation is 1. The van der Waals surface area contributed by atoms with Crippen LogP contribution in [0.15, 0.2) is 24.4 Å². The molecule has 2 atom stereocenters. The van der Waals surface area contributed by atoms with Crippen LogP contribution in [-0.4, -0.2) is 58.2 Å². The second kappa shape index (κ2) is 10.1. The zero-order chi connectivity index (χ0) is 24.7. The summed E-state index contributed by atoms with van der Waals surface area (Å²) in [5, 5.41) is 13.8. The van der Waals surface area contributed by atoms with E-state index >= 15 is 0 Å². The molecule has 0 spiro atoms. The first kappa shape index (κ1) is 24.6. The highest BCUT2D eigenvalue weighted by molar-refractivity contribution is 6.33. The lowest BCUT2D eigenvalue weighted by atomic mass is 9.76. The third-order valence-electron chi connectivity index (χ3n) is 8.03. The molecule has 3 heterocycles. The van der Waals surface area contributed by atoms with Gasteiger partial charge in [-0.15, -0.1) is 0 Å². The summed E-state index contributed by atoms with van der Waals surface area (Å²) >= 11 is 12.9. The van der Waals surface area contributed by atoms with Crippen molar-refractivity contribution >= 4 is 40.9 Å². The standard InChI is InChI=1S/C26H33Cl2N5O2/c1-15-5-6-21(22(27)8-15)16(2)30-24-23(28)11-29-26(31-24)33-13-19(14-33)17-4-3-7-32(12-17)20-9-18(10-20)25(34)35/h5-6,8,11,16-20H,3-4,7,9-10,12-14H2,1-2H3,(H,34,35)(H,29,30,31). The lowest BCUT2D eigenvalue weighted by Gasteiger charge is -2.50. The van der Waals surface area contributed by atoms with Crippen LogP contribution in [0.2, 0.25) is 10.0 Å². The number of halogens is 2. The second-order valence-electron chi connectivity index (χ2n) is 10.5. The van der Waals surface area contributed by atoms with Crippen LogP contribution in [0.25, 0.3) is 0 Å². The van der Waals surface area contributed by atoms with E-state index in [1.165, 1.54) is 12.8 Å². The van der Waals surface area contributed by atoms with Crippen LogP contribution < -0.4 is 10.2 Å². The highest BCUT2D eigenvalue weighted by Gasteiger charge is 2.42. The van der Waals surface area contributed by atoms with E-state index in [0.717, 1.165) is 55.2 Å². The molecule has 1 aromatic carbocycles. The van der Waals surface area contributed by atoms with Gasteiger partial charge in [-0.1, -0.05) is 35.3 Å². The molecule has 0 amide bonds. The number of anilines is 2. The molecule has 188 valence electrons. The number of carbonyl (C=O) groups is 1. The van der Waals surface area contributed by atoms with Crippen molar-refractivity contribution in [2.24, 2.45) is 17.8 Å². The molecule has 7 nitrogen and oxygen atoms in total. The maximum Gasteiger partial charge on any atom is 0.306 e. The first-order chi connectivity index (χ1) is 16.8. The molecular weight excluding hydrogens is 485 g/mol. The van der Waals surface area contributed by atoms with E-state index in [1.54, 1.807) is 6.20 Å². The fraction of sp³-hybridized carbons (Fsp3) is 0.577. The van der Waals surface area contributed by atoms with E-state index in [-0.39, 0.29) is 12.0 Å². The van der Waals surface area contributed by atoms with Crippen molar-refractivity contribution in [3.05, 3.63) is 45.6 Å². The normalized spacial score (nSPS) is 26.1. The van der Waals surface area contributed by atoms with Gasteiger partial charge in [-0.2, -0.15) is 4.98 Å². The van der Waals surface area contributed by atoms with Crippen molar-refractivity contribution in [3.8, 4) is 0 Å². The predicted octanol–water partition coefficient (Wildman–Crippen LogP) is 5.28. The van der Waals surface area contributed by atoms with Crippen LogP contribution >= 0.6 is 23.2 Å². The van der Waals surface area contributed by atoms with Gasteiger partial charge in [-0.25, -0.2) is 4.98 Å². The topological polar surface area (TPSA) is 81.6 Å². The van der Waals surface area contributed by atoms with Gasteiger partial charge in [0.15, 0.2) is 5.82 Å². The number of benzene rings is 1. The molecule has 2 N–H and O–H groups in total. The Hall–Kier alpha value is -2.09. The Balaban J connectivity index is 1.17. The fourth-order valence-corrected chi connectivity index (χ4v) is 6.24. The maximum atomic E-state index is 11.2. The van der Waals surface area contributed by atoms with Gasteiger partial charge in [0.05, 0.1) is 18.2 Å². The summed E-state index contributed by atoms with van der Waals surface area (Å²) in [6.07, 6.45) is 5.72. The lowest BCUT2D eigenvalue weighted by Crippen LogP contribution is -2.56. The van der Waals surface area contributed by atoms with E-state index in [1.807, 2.05) is 26.0 Å². The Morgan fingerprint density at radius 1 is 1.17 bits per heavy atom. The van der Waals surface area contributed by atoms with Crippen LogP contribution in [0.1, 0.15) is 49.8 Å². The number of carboxylic acid groups (broad SMARTS) is 1. The maximum absolute atomic E-state index is 11.2. The minimum Gasteiger partial charge on any atom is -0.481 e. The van der Waals surface area contributed by atoms with Crippen molar-refractivity contribution in [1.82, 2.24) is 14.9 Å². The summed E-state index contributed by atoms with van der Waals surface area (Å²) in [6, 6.07) is 6.45. The summed E-state index contributed by atoms with van der Waals surface area (Å²) in [4.78, 5) is 25.1. The van der Waals surface area contributed by atoms with E-state index < -0.39 is 5.97 Å². The molecule has 35 heavy (non-hydrogen) atoms. The number of hydrogen-bond donors (Lipinski definition) is 2. The molecule has 1 aliphatic carbocycles. The number of nitrogens with one attached hydrogen (secondary N) is 1. The van der Waals surface area contributed by atoms with Crippen molar-refractivity contribution in [2.45, 2.75) is 51.6 Å². The third kappa shape index (κ3) is 5.23. The molecule has 0 radical (unpaired) electrons. The SMILES string of the molecule is Cc1ccc(C(C)Nc2nc(N3CC(C4CCCN(C5CC(C(=O)O)C5)C4)C3)ncc2Cl)c(Cl)c1. The van der Waals surface area contributed by atoms with Crippen molar-refractivity contribution < 1.29 is 9.90 Å². The van der Waals surface area contributed by atoms with Gasteiger partial charge in [-0.3, -0.25) is 4.79 Å². The smallest absolute Gasteiger partial charge is 0.306 e. The molecular formula is C26H33Cl2N5O2. The zero-order valence-electron chi connectivity index (χ0n) is 20.3. The summed E-state index contributed by atoms with van der Waals surface area (Å²) in [5.41, 5.74) is 2.12. The molecule has 0 bridgehead atoms. The molecule has 2 aromatic rings. The number of rotatable bonds is 7. The molecule has 1 saturated carbocycles. The van der Waals surface area contributed by atoms with Gasteiger partial charge < -0.3 is 20.2 Å². The van der Waals surface area contributed by atoms with E-state index in [2.05, 4.69) is 26.2 Å². The molecule has 5 rings (SSSR count). The lowest BCUT2D eigenvalue weighted by molar-refractivity contribution is -0.147. The molecule has 2 saturated heterocycles. The summed E-state index contributed by atoms with van der Waals surface area (Å²) in [6.45, 7) is 8.14. The Morgan fingerprint density at radius 2 is 1.94 bits per heavy atom. The average molecular weight is 518 g/mol.